The summed E-state index contributed by atoms with van der Waals surface area (Å²) in [5, 5.41) is 7.13. The van der Waals surface area contributed by atoms with Gasteiger partial charge < -0.3 is 15.1 Å². The molecule has 4 atom stereocenters. The molecular weight excluding hydrogens is 671 g/mol. The highest BCUT2D eigenvalue weighted by Crippen LogP contribution is 2.26. The lowest BCUT2D eigenvalue weighted by atomic mass is 9.94. The zero-order valence-corrected chi connectivity index (χ0v) is 36.5. The fourth-order valence-electron chi connectivity index (χ4n) is 7.39. The van der Waals surface area contributed by atoms with Gasteiger partial charge in [0.15, 0.2) is 0 Å². The smallest absolute Gasteiger partial charge is 0.267 e. The predicted octanol–water partition coefficient (Wildman–Crippen LogP) is 11.6. The van der Waals surface area contributed by atoms with Crippen LogP contribution in [0.15, 0.2) is 23.3 Å². The zero-order valence-electron chi connectivity index (χ0n) is 36.5. The normalized spacial score (nSPS) is 13.9. The van der Waals surface area contributed by atoms with Crippen LogP contribution in [0.2, 0.25) is 0 Å². The van der Waals surface area contributed by atoms with Crippen LogP contribution >= 0.6 is 0 Å². The molecule has 2 N–H and O–H groups in total. The Bertz CT molecular complexity index is 1200. The molecule has 308 valence electrons. The van der Waals surface area contributed by atoms with E-state index in [1.54, 1.807) is 7.05 Å². The first-order chi connectivity index (χ1) is 26.1. The first-order valence-electron chi connectivity index (χ1n) is 22.1. The van der Waals surface area contributed by atoms with Gasteiger partial charge in [0.25, 0.3) is 17.7 Å². The number of rotatable bonds is 31. The third-order valence-corrected chi connectivity index (χ3v) is 11.4. The summed E-state index contributed by atoms with van der Waals surface area (Å²) in [6, 6.07) is 5.48. The molecule has 8 nitrogen and oxygen atoms in total. The highest BCUT2D eigenvalue weighted by atomic mass is 16.2. The summed E-state index contributed by atoms with van der Waals surface area (Å²) < 4.78 is 0. The van der Waals surface area contributed by atoms with E-state index in [0.717, 1.165) is 103 Å². The van der Waals surface area contributed by atoms with Gasteiger partial charge in [-0.15, -0.1) is 0 Å². The van der Waals surface area contributed by atoms with Crippen LogP contribution in [0.1, 0.15) is 192 Å². The van der Waals surface area contributed by atoms with Gasteiger partial charge in [-0.1, -0.05) is 120 Å². The number of anilines is 1. The number of hydrogen-bond acceptors (Lipinski definition) is 5. The van der Waals surface area contributed by atoms with Gasteiger partial charge in [0.2, 0.25) is 0 Å². The maximum absolute atomic E-state index is 14.8. The fraction of sp³-hybridized carbons (Fsp3) is 0.761. The van der Waals surface area contributed by atoms with Crippen molar-refractivity contribution in [3.8, 4) is 0 Å². The molecule has 0 radical (unpaired) electrons. The molecule has 0 fully saturated rings. The van der Waals surface area contributed by atoms with Gasteiger partial charge in [-0.05, 0) is 80.4 Å². The van der Waals surface area contributed by atoms with Crippen molar-refractivity contribution in [3.63, 3.8) is 0 Å². The van der Waals surface area contributed by atoms with Gasteiger partial charge in [-0.2, -0.15) is 5.10 Å². The van der Waals surface area contributed by atoms with Crippen LogP contribution in [-0.4, -0.2) is 66.5 Å². The number of carbonyl (C=O) groups excluding carboxylic acids is 3. The lowest BCUT2D eigenvalue weighted by molar-refractivity contribution is -0.114. The number of nitrogens with one attached hydrogen (secondary N) is 2. The van der Waals surface area contributed by atoms with E-state index in [2.05, 4.69) is 87.5 Å². The average molecular weight is 753 g/mol. The number of unbranched alkanes of at least 4 members (excludes halogenated alkanes) is 5. The fourth-order valence-corrected chi connectivity index (χ4v) is 7.39. The second-order valence-corrected chi connectivity index (χ2v) is 15.7. The second kappa shape index (κ2) is 29.3. The molecule has 0 spiro atoms. The lowest BCUT2D eigenvalue weighted by Gasteiger charge is -2.32. The monoisotopic (exact) mass is 753 g/mol. The SMILES string of the molecule is C[CH+]CCCC(CC)CN(CC(CC)CCCC)C(=O)c1cc(NN=C(CC)C(=O)NC)cc(C(=O)N(CC(CC)CCCC)CC(CC)CCCC)c1. The van der Waals surface area contributed by atoms with Gasteiger partial charge in [-0.3, -0.25) is 19.8 Å². The molecule has 4 unspecified atom stereocenters. The molecule has 0 aliphatic heterocycles. The van der Waals surface area contributed by atoms with Crippen molar-refractivity contribution in [2.45, 2.75) is 171 Å². The summed E-state index contributed by atoms with van der Waals surface area (Å²) >= 11 is 0. The quantitative estimate of drug-likeness (QED) is 0.0342. The largest absolute Gasteiger partial charge is 0.354 e. The molecule has 1 aromatic rings. The molecule has 3 amide bonds. The highest BCUT2D eigenvalue weighted by molar-refractivity contribution is 6.38. The van der Waals surface area contributed by atoms with Crippen LogP contribution in [0.25, 0.3) is 0 Å². The van der Waals surface area contributed by atoms with Crippen molar-refractivity contribution >= 4 is 29.1 Å². The Hall–Kier alpha value is -3.03. The van der Waals surface area contributed by atoms with E-state index in [1.165, 1.54) is 0 Å². The third-order valence-electron chi connectivity index (χ3n) is 11.4. The molecule has 0 bridgehead atoms. The Morgan fingerprint density at radius 2 is 1.02 bits per heavy atom. The van der Waals surface area contributed by atoms with Gasteiger partial charge >= 0.3 is 0 Å². The van der Waals surface area contributed by atoms with E-state index >= 15 is 0 Å². The molecule has 8 heteroatoms. The molecule has 0 aromatic heterocycles. The van der Waals surface area contributed by atoms with Crippen molar-refractivity contribution in [1.82, 2.24) is 15.1 Å². The minimum atomic E-state index is -0.259. The average Bonchev–Trinajstić information content (AvgIpc) is 3.20. The van der Waals surface area contributed by atoms with Crippen LogP contribution in [0.5, 0.6) is 0 Å². The molecule has 0 saturated carbocycles. The first-order valence-corrected chi connectivity index (χ1v) is 22.1. The molecule has 0 aliphatic rings. The van der Waals surface area contributed by atoms with Gasteiger partial charge in [0.05, 0.1) is 25.5 Å². The highest BCUT2D eigenvalue weighted by Gasteiger charge is 2.27. The number of nitrogens with zero attached hydrogens (tertiary/aromatic N) is 3. The van der Waals surface area contributed by atoms with Crippen molar-refractivity contribution in [2.24, 2.45) is 28.8 Å². The summed E-state index contributed by atoms with van der Waals surface area (Å²) in [5.41, 5.74) is 4.97. The lowest BCUT2D eigenvalue weighted by Crippen LogP contribution is -2.40. The van der Waals surface area contributed by atoms with Crippen LogP contribution in [0.3, 0.4) is 0 Å². The second-order valence-electron chi connectivity index (χ2n) is 15.7. The van der Waals surface area contributed by atoms with E-state index in [1.807, 2.05) is 25.1 Å². The first kappa shape index (κ1) is 49.0. The maximum Gasteiger partial charge on any atom is 0.267 e. The molecule has 0 heterocycles. The van der Waals surface area contributed by atoms with Gasteiger partial charge in [0, 0.05) is 44.4 Å². The maximum atomic E-state index is 14.8. The van der Waals surface area contributed by atoms with Crippen molar-refractivity contribution in [2.75, 3.05) is 38.7 Å². The zero-order chi connectivity index (χ0) is 40.3. The summed E-state index contributed by atoms with van der Waals surface area (Å²) in [6.07, 6.45) is 20.2. The molecule has 1 rings (SSSR count). The number of benzene rings is 1. The van der Waals surface area contributed by atoms with E-state index in [-0.39, 0.29) is 17.7 Å². The van der Waals surface area contributed by atoms with Crippen LogP contribution < -0.4 is 10.7 Å². The number of amides is 3. The predicted molar refractivity (Wildman–Crippen MR) is 231 cm³/mol. The van der Waals surface area contributed by atoms with Crippen molar-refractivity contribution in [1.29, 1.82) is 0 Å². The summed E-state index contributed by atoms with van der Waals surface area (Å²) in [7, 11) is 1.59. The molecular formula is C46H82N5O3+. The Kier molecular flexibility index (Phi) is 26.6. The van der Waals surface area contributed by atoms with Crippen LogP contribution in [0, 0.1) is 30.1 Å². The summed E-state index contributed by atoms with van der Waals surface area (Å²) in [4.78, 5) is 46.4. The topological polar surface area (TPSA) is 94.1 Å². The van der Waals surface area contributed by atoms with E-state index in [0.29, 0.717) is 78.8 Å². The summed E-state index contributed by atoms with van der Waals surface area (Å²) in [5.74, 6) is 1.33. The number of carbonyl (C=O) groups is 3. The number of hydrogen-bond donors (Lipinski definition) is 2. The molecule has 1 aromatic carbocycles. The van der Waals surface area contributed by atoms with E-state index in [4.69, 9.17) is 0 Å². The Labute approximate surface area is 332 Å². The van der Waals surface area contributed by atoms with Crippen LogP contribution in [0.4, 0.5) is 5.69 Å². The Morgan fingerprint density at radius 1 is 0.630 bits per heavy atom. The Morgan fingerprint density at radius 3 is 1.33 bits per heavy atom. The summed E-state index contributed by atoms with van der Waals surface area (Å²) in [6.45, 7) is 22.4. The minimum absolute atomic E-state index is 0.0354. The van der Waals surface area contributed by atoms with Gasteiger partial charge in [-0.25, -0.2) is 0 Å². The molecule has 54 heavy (non-hydrogen) atoms. The van der Waals surface area contributed by atoms with Crippen molar-refractivity contribution < 1.29 is 14.4 Å². The van der Waals surface area contributed by atoms with E-state index < -0.39 is 0 Å². The van der Waals surface area contributed by atoms with Gasteiger partial charge in [0.1, 0.15) is 5.71 Å². The van der Waals surface area contributed by atoms with Crippen LogP contribution in [-0.2, 0) is 4.79 Å². The standard InChI is InChI=1S/C46H81N5O3/c1-11-20-24-28-39(18-8)35-51(34-38(17-7)27-23-14-4)46(54)41-29-40(30-42(31-41)48-49-43(19-9)44(52)47-10)45(53)50(32-36(15-5)25-21-12-2)33-37(16-6)26-22-13-3/h11,29-31,36-39H,12-28,32-35H2,1-10H3,(H-,47,48,52)/p+1. The molecule has 0 saturated heterocycles. The number of hydrazone groups is 1. The molecule has 0 aliphatic carbocycles. The van der Waals surface area contributed by atoms with Crippen molar-refractivity contribution in [3.05, 3.63) is 35.7 Å². The third kappa shape index (κ3) is 18.1. The Balaban J connectivity index is 3.87. The van der Waals surface area contributed by atoms with E-state index in [9.17, 15) is 14.4 Å². The minimum Gasteiger partial charge on any atom is -0.354 e.